The zero-order chi connectivity index (χ0) is 13.5. The highest BCUT2D eigenvalue weighted by Crippen LogP contribution is 2.35. The fraction of sp³-hybridized carbons (Fsp3) is 0.294. The second kappa shape index (κ2) is 4.44. The molecule has 0 bridgehead atoms. The van der Waals surface area contributed by atoms with E-state index in [4.69, 9.17) is 4.74 Å². The van der Waals surface area contributed by atoms with Gasteiger partial charge in [0.2, 0.25) is 0 Å². The Morgan fingerprint density at radius 3 is 3.10 bits per heavy atom. The lowest BCUT2D eigenvalue weighted by atomic mass is 9.94. The van der Waals surface area contributed by atoms with Gasteiger partial charge in [-0.25, -0.2) is 0 Å². The average Bonchev–Trinajstić information content (AvgIpc) is 3.12. The van der Waals surface area contributed by atoms with Crippen LogP contribution in [0.3, 0.4) is 0 Å². The number of Topliss-reactive ketones (excluding diaryl/α,β-unsaturated/α-hetero) is 1. The van der Waals surface area contributed by atoms with Gasteiger partial charge in [0.15, 0.2) is 5.78 Å². The maximum absolute atomic E-state index is 12.7. The minimum atomic E-state index is -0.0772. The summed E-state index contributed by atoms with van der Waals surface area (Å²) in [5.41, 5.74) is 4.12. The van der Waals surface area contributed by atoms with Crippen molar-refractivity contribution in [2.75, 3.05) is 6.61 Å². The number of pyridine rings is 1. The van der Waals surface area contributed by atoms with Crippen LogP contribution >= 0.6 is 0 Å². The summed E-state index contributed by atoms with van der Waals surface area (Å²) >= 11 is 0. The van der Waals surface area contributed by atoms with E-state index in [-0.39, 0.29) is 11.7 Å². The molecule has 0 N–H and O–H groups in total. The molecule has 2 aliphatic rings. The summed E-state index contributed by atoms with van der Waals surface area (Å²) in [6.07, 6.45) is 4.50. The van der Waals surface area contributed by atoms with Crippen molar-refractivity contribution < 1.29 is 9.53 Å². The van der Waals surface area contributed by atoms with Crippen molar-refractivity contribution in [1.82, 2.24) is 4.98 Å². The number of fused-ring (bicyclic) bond motifs is 2. The first-order chi connectivity index (χ1) is 9.83. The maximum Gasteiger partial charge on any atom is 0.171 e. The van der Waals surface area contributed by atoms with E-state index in [9.17, 15) is 4.79 Å². The zero-order valence-electron chi connectivity index (χ0n) is 11.1. The molecule has 1 aromatic heterocycles. The molecule has 1 aliphatic heterocycles. The van der Waals surface area contributed by atoms with Gasteiger partial charge in [0.25, 0.3) is 0 Å². The molecular formula is C17H15NO2. The number of carbonyl (C=O) groups is 1. The standard InChI is InChI=1S/C17H15NO2/c19-17(13-4-6-15-12(10-13)7-9-20-15)14-5-3-11-2-1-8-18-16(11)14/h1-2,4,6,8,10,14H,3,5,7,9H2. The Bertz CT molecular complexity index is 693. The van der Waals surface area contributed by atoms with Gasteiger partial charge >= 0.3 is 0 Å². The lowest BCUT2D eigenvalue weighted by Gasteiger charge is -2.10. The van der Waals surface area contributed by atoms with E-state index >= 15 is 0 Å². The molecule has 0 radical (unpaired) electrons. The van der Waals surface area contributed by atoms with Crippen LogP contribution in [-0.2, 0) is 12.8 Å². The number of benzene rings is 1. The molecule has 100 valence electrons. The van der Waals surface area contributed by atoms with Crippen molar-refractivity contribution in [1.29, 1.82) is 0 Å². The molecule has 0 saturated carbocycles. The second-order valence-electron chi connectivity index (χ2n) is 5.42. The smallest absolute Gasteiger partial charge is 0.171 e. The number of aromatic nitrogens is 1. The summed E-state index contributed by atoms with van der Waals surface area (Å²) in [6, 6.07) is 9.81. The molecule has 0 saturated heterocycles. The van der Waals surface area contributed by atoms with Gasteiger partial charge in [-0.05, 0) is 48.2 Å². The van der Waals surface area contributed by atoms with Gasteiger partial charge in [0, 0.05) is 18.2 Å². The lowest BCUT2D eigenvalue weighted by Crippen LogP contribution is -2.11. The molecule has 1 unspecified atom stereocenters. The van der Waals surface area contributed by atoms with Gasteiger partial charge in [0.1, 0.15) is 5.75 Å². The third-order valence-corrected chi connectivity index (χ3v) is 4.25. The minimum absolute atomic E-state index is 0.0772. The molecule has 1 aliphatic carbocycles. The van der Waals surface area contributed by atoms with Crippen LogP contribution in [0.4, 0.5) is 0 Å². The number of carbonyl (C=O) groups excluding carboxylic acids is 1. The highest BCUT2D eigenvalue weighted by molar-refractivity contribution is 6.01. The molecule has 4 rings (SSSR count). The number of aryl methyl sites for hydroxylation is 1. The van der Waals surface area contributed by atoms with Gasteiger partial charge < -0.3 is 4.74 Å². The molecule has 2 heterocycles. The van der Waals surface area contributed by atoms with Crippen molar-refractivity contribution in [3.8, 4) is 5.75 Å². The van der Waals surface area contributed by atoms with Gasteiger partial charge in [-0.2, -0.15) is 0 Å². The number of ketones is 1. The first-order valence-electron chi connectivity index (χ1n) is 7.06. The predicted octanol–water partition coefficient (Wildman–Crippen LogP) is 2.93. The fourth-order valence-electron chi connectivity index (χ4n) is 3.21. The van der Waals surface area contributed by atoms with E-state index in [1.165, 1.54) is 5.56 Å². The van der Waals surface area contributed by atoms with Crippen LogP contribution in [0.15, 0.2) is 36.5 Å². The maximum atomic E-state index is 12.7. The highest BCUT2D eigenvalue weighted by atomic mass is 16.5. The Morgan fingerprint density at radius 1 is 1.20 bits per heavy atom. The number of hydrogen-bond acceptors (Lipinski definition) is 3. The van der Waals surface area contributed by atoms with Gasteiger partial charge in [0.05, 0.1) is 18.2 Å². The molecule has 2 aromatic rings. The number of rotatable bonds is 2. The molecule has 0 amide bonds. The molecule has 1 atom stereocenters. The summed E-state index contributed by atoms with van der Waals surface area (Å²) in [4.78, 5) is 17.1. The highest BCUT2D eigenvalue weighted by Gasteiger charge is 2.30. The Hall–Kier alpha value is -2.16. The van der Waals surface area contributed by atoms with Gasteiger partial charge in [-0.3, -0.25) is 9.78 Å². The van der Waals surface area contributed by atoms with Crippen LogP contribution in [0.5, 0.6) is 5.75 Å². The van der Waals surface area contributed by atoms with Crippen molar-refractivity contribution in [2.45, 2.75) is 25.2 Å². The SMILES string of the molecule is O=C(c1ccc2c(c1)CCO2)C1CCc2cccnc21. The quantitative estimate of drug-likeness (QED) is 0.784. The van der Waals surface area contributed by atoms with Crippen molar-refractivity contribution in [3.63, 3.8) is 0 Å². The van der Waals surface area contributed by atoms with E-state index in [0.29, 0.717) is 0 Å². The van der Waals surface area contributed by atoms with Crippen LogP contribution in [0.25, 0.3) is 0 Å². The van der Waals surface area contributed by atoms with Crippen molar-refractivity contribution >= 4 is 5.78 Å². The summed E-state index contributed by atoms with van der Waals surface area (Å²) in [6.45, 7) is 0.723. The molecule has 3 nitrogen and oxygen atoms in total. The lowest BCUT2D eigenvalue weighted by molar-refractivity contribution is 0.0958. The zero-order valence-corrected chi connectivity index (χ0v) is 11.1. The summed E-state index contributed by atoms with van der Waals surface area (Å²) in [7, 11) is 0. The van der Waals surface area contributed by atoms with Gasteiger partial charge in [-0.1, -0.05) is 6.07 Å². The molecule has 1 aromatic carbocycles. The van der Waals surface area contributed by atoms with E-state index < -0.39 is 0 Å². The van der Waals surface area contributed by atoms with Crippen molar-refractivity contribution in [2.24, 2.45) is 0 Å². The van der Waals surface area contributed by atoms with Gasteiger partial charge in [-0.15, -0.1) is 0 Å². The monoisotopic (exact) mass is 265 g/mol. The molecular weight excluding hydrogens is 250 g/mol. The van der Waals surface area contributed by atoms with E-state index in [0.717, 1.165) is 48.4 Å². The topological polar surface area (TPSA) is 39.2 Å². The van der Waals surface area contributed by atoms with Crippen LogP contribution in [-0.4, -0.2) is 17.4 Å². The van der Waals surface area contributed by atoms with E-state index in [1.54, 1.807) is 6.20 Å². The normalized spacial score (nSPS) is 19.3. The Balaban J connectivity index is 1.68. The molecule has 0 spiro atoms. The Kier molecular flexibility index (Phi) is 2.59. The second-order valence-corrected chi connectivity index (χ2v) is 5.42. The third kappa shape index (κ3) is 1.73. The van der Waals surface area contributed by atoms with Crippen LogP contribution in [0.2, 0.25) is 0 Å². The van der Waals surface area contributed by atoms with Crippen molar-refractivity contribution in [3.05, 3.63) is 58.9 Å². The first kappa shape index (κ1) is 11.6. The van der Waals surface area contributed by atoms with Crippen LogP contribution in [0, 0.1) is 0 Å². The summed E-state index contributed by atoms with van der Waals surface area (Å²) in [5.74, 6) is 1.04. The van der Waals surface area contributed by atoms with E-state index in [1.807, 2.05) is 24.3 Å². The molecule has 20 heavy (non-hydrogen) atoms. The molecule has 0 fully saturated rings. The minimum Gasteiger partial charge on any atom is -0.493 e. The van der Waals surface area contributed by atoms with E-state index in [2.05, 4.69) is 11.1 Å². The average molecular weight is 265 g/mol. The summed E-state index contributed by atoms with van der Waals surface area (Å²) < 4.78 is 5.49. The largest absolute Gasteiger partial charge is 0.493 e. The number of nitrogens with zero attached hydrogens (tertiary/aromatic N) is 1. The predicted molar refractivity (Wildman–Crippen MR) is 75.3 cm³/mol. The molecule has 3 heteroatoms. The Morgan fingerprint density at radius 2 is 2.15 bits per heavy atom. The first-order valence-corrected chi connectivity index (χ1v) is 7.06. The number of hydrogen-bond donors (Lipinski definition) is 0. The van der Waals surface area contributed by atoms with Crippen LogP contribution in [0.1, 0.15) is 39.5 Å². The Labute approximate surface area is 117 Å². The fourth-order valence-corrected chi connectivity index (χ4v) is 3.21. The van der Waals surface area contributed by atoms with Crippen LogP contribution < -0.4 is 4.74 Å². The third-order valence-electron chi connectivity index (χ3n) is 4.25. The number of ether oxygens (including phenoxy) is 1. The summed E-state index contributed by atoms with van der Waals surface area (Å²) in [5, 5.41) is 0.